The van der Waals surface area contributed by atoms with Gasteiger partial charge < -0.3 is 20.1 Å². The molecule has 2 aromatic carbocycles. The molecule has 0 bridgehead atoms. The second-order valence-electron chi connectivity index (χ2n) is 6.23. The maximum atomic E-state index is 12.7. The van der Waals surface area contributed by atoms with E-state index in [4.69, 9.17) is 26.6 Å². The molecule has 0 aliphatic heterocycles. The zero-order valence-electron chi connectivity index (χ0n) is 17.0. The van der Waals surface area contributed by atoms with Crippen LogP contribution in [-0.2, 0) is 20.1 Å². The molecule has 0 radical (unpaired) electrons. The molecule has 2 N–H and O–H groups in total. The molecule has 0 fully saturated rings. The summed E-state index contributed by atoms with van der Waals surface area (Å²) in [4.78, 5) is 28.1. The van der Waals surface area contributed by atoms with Gasteiger partial charge in [0.05, 0.1) is 6.54 Å². The highest BCUT2D eigenvalue weighted by atomic mass is 35.5. The van der Waals surface area contributed by atoms with Gasteiger partial charge in [-0.3, -0.25) is 9.59 Å². The summed E-state index contributed by atoms with van der Waals surface area (Å²) in [7, 11) is 2.91. The summed E-state index contributed by atoms with van der Waals surface area (Å²) in [6, 6.07) is 13.2. The van der Waals surface area contributed by atoms with Gasteiger partial charge in [0.1, 0.15) is 5.70 Å². The second-order valence-corrected chi connectivity index (χ2v) is 6.50. The highest BCUT2D eigenvalue weighted by Crippen LogP contribution is 2.15. The van der Waals surface area contributed by atoms with E-state index in [1.165, 1.54) is 20.3 Å². The number of carbonyl (C=O) groups excluding carboxylic acids is 2. The average molecular weight is 476 g/mol. The monoisotopic (exact) mass is 475 g/mol. The van der Waals surface area contributed by atoms with Crippen LogP contribution < -0.4 is 10.6 Å². The molecule has 2 aromatic rings. The van der Waals surface area contributed by atoms with Crippen LogP contribution in [0.3, 0.4) is 0 Å². The van der Waals surface area contributed by atoms with Gasteiger partial charge in [0.15, 0.2) is 6.29 Å². The normalized spacial score (nSPS) is 10.4. The Morgan fingerprint density at radius 3 is 2.21 bits per heavy atom. The highest BCUT2D eigenvalue weighted by molar-refractivity contribution is 6.17. The number of benzene rings is 2. The quantitative estimate of drug-likeness (QED) is 0.123. The van der Waals surface area contributed by atoms with Crippen molar-refractivity contribution in [3.63, 3.8) is 0 Å². The van der Waals surface area contributed by atoms with Crippen LogP contribution >= 0.6 is 11.6 Å². The molecule has 0 aliphatic carbocycles. The minimum atomic E-state index is -0.632. The Bertz CT molecular complexity index is 967. The van der Waals surface area contributed by atoms with Gasteiger partial charge in [0.25, 0.3) is 11.8 Å². The van der Waals surface area contributed by atoms with Gasteiger partial charge in [-0.15, -0.1) is 11.6 Å². The van der Waals surface area contributed by atoms with E-state index in [1.807, 2.05) is 0 Å². The van der Waals surface area contributed by atoms with Crippen molar-refractivity contribution in [3.8, 4) is 0 Å². The molecule has 0 aromatic heterocycles. The molecule has 0 aliphatic rings. The number of hydrogen-bond donors (Lipinski definition) is 2. The lowest BCUT2D eigenvalue weighted by Gasteiger charge is -2.16. The summed E-state index contributed by atoms with van der Waals surface area (Å²) < 4.78 is 10.1. The first-order valence-corrected chi connectivity index (χ1v) is 9.71. The molecule has 0 heterocycles. The first kappa shape index (κ1) is 29.6. The van der Waals surface area contributed by atoms with Gasteiger partial charge in [0.2, 0.25) is 0 Å². The summed E-state index contributed by atoms with van der Waals surface area (Å²) >= 11 is 5.78. The lowest BCUT2D eigenvalue weighted by molar-refractivity contribution is -0.124. The number of halogens is 1. The molecule has 2 rings (SSSR count). The Hall–Kier alpha value is -3.36. The van der Waals surface area contributed by atoms with Crippen LogP contribution in [0.15, 0.2) is 59.3 Å². The predicted octanol–water partition coefficient (Wildman–Crippen LogP) is 5.15. The summed E-state index contributed by atoms with van der Waals surface area (Å²) in [6.45, 7) is 0.0826. The van der Waals surface area contributed by atoms with E-state index in [0.717, 1.165) is 5.56 Å². The Morgan fingerprint density at radius 2 is 1.70 bits per heavy atom. The topological polar surface area (TPSA) is 125 Å². The summed E-state index contributed by atoms with van der Waals surface area (Å²) in [5, 5.41) is 8.79. The smallest absolute Gasteiger partial charge is 0.267 e. The van der Waals surface area contributed by atoms with Crippen LogP contribution in [0.25, 0.3) is 16.5 Å². The number of rotatable bonds is 10. The lowest BCUT2D eigenvalue weighted by atomic mass is 10.1. The van der Waals surface area contributed by atoms with Crippen molar-refractivity contribution in [2.45, 2.75) is 27.0 Å². The van der Waals surface area contributed by atoms with Crippen LogP contribution in [0.4, 0.5) is 5.69 Å². The minimum Gasteiger partial charge on any atom is -0.354 e. The van der Waals surface area contributed by atoms with Crippen LogP contribution in [-0.4, -0.2) is 38.9 Å². The molecule has 9 nitrogen and oxygen atoms in total. The number of nitrogens with zero attached hydrogens (tertiary/aromatic N) is 3. The molecular weight excluding hydrogens is 446 g/mol. The van der Waals surface area contributed by atoms with Gasteiger partial charge in [0, 0.05) is 36.3 Å². The van der Waals surface area contributed by atoms with Crippen molar-refractivity contribution < 1.29 is 19.1 Å². The highest BCUT2D eigenvalue weighted by Gasteiger charge is 2.16. The number of nitrogens with one attached hydrogen (secondary N) is 2. The molecule has 0 saturated heterocycles. The van der Waals surface area contributed by atoms with Gasteiger partial charge in [-0.25, -0.2) is 0 Å². The number of ether oxygens (including phenoxy) is 2. The largest absolute Gasteiger partial charge is 0.354 e. The molecule has 0 unspecified atom stereocenters. The first-order valence-electron chi connectivity index (χ1n) is 9.17. The Balaban J connectivity index is 0.00000512. The molecule has 2 amide bonds. The number of alkyl halides is 1. The van der Waals surface area contributed by atoms with Crippen molar-refractivity contribution >= 4 is 35.2 Å². The fourth-order valence-corrected chi connectivity index (χ4v) is 2.67. The van der Waals surface area contributed by atoms with E-state index >= 15 is 0 Å². The maximum absolute atomic E-state index is 12.7. The fraction of sp³-hybridized carbons (Fsp3) is 0.304. The number of azide groups is 1. The maximum Gasteiger partial charge on any atom is 0.267 e. The fourth-order valence-electron chi connectivity index (χ4n) is 2.49. The van der Waals surface area contributed by atoms with E-state index in [2.05, 4.69) is 20.7 Å². The molecule has 0 atom stereocenters. The van der Waals surface area contributed by atoms with Gasteiger partial charge >= 0.3 is 0 Å². The summed E-state index contributed by atoms with van der Waals surface area (Å²) in [6.07, 6.45) is 0.876. The Labute approximate surface area is 199 Å². The first-order chi connectivity index (χ1) is 15.0. The van der Waals surface area contributed by atoms with Crippen LogP contribution in [0.2, 0.25) is 0 Å². The number of carbonyl (C=O) groups is 2. The van der Waals surface area contributed by atoms with Gasteiger partial charge in [-0.1, -0.05) is 56.4 Å². The molecule has 0 spiro atoms. The predicted molar refractivity (Wildman–Crippen MR) is 131 cm³/mol. The summed E-state index contributed by atoms with van der Waals surface area (Å²) in [5.41, 5.74) is 10.8. The Kier molecular flexibility index (Phi) is 13.9. The van der Waals surface area contributed by atoms with E-state index in [9.17, 15) is 9.59 Å². The van der Waals surface area contributed by atoms with E-state index in [0.29, 0.717) is 22.7 Å². The molecule has 0 saturated carbocycles. The van der Waals surface area contributed by atoms with Gasteiger partial charge in [-0.2, -0.15) is 0 Å². The van der Waals surface area contributed by atoms with Crippen molar-refractivity contribution in [1.29, 1.82) is 0 Å². The number of methoxy groups -OCH3 is 2. The van der Waals surface area contributed by atoms with Crippen LogP contribution in [0.1, 0.15) is 36.3 Å². The second kappa shape index (κ2) is 15.4. The third kappa shape index (κ3) is 9.34. The van der Waals surface area contributed by atoms with Crippen molar-refractivity contribution in [1.82, 2.24) is 10.6 Å². The average Bonchev–Trinajstić information content (AvgIpc) is 2.80. The third-order valence-electron chi connectivity index (χ3n) is 4.18. The van der Waals surface area contributed by atoms with Crippen LogP contribution in [0, 0.1) is 0 Å². The molecule has 33 heavy (non-hydrogen) atoms. The molecule has 178 valence electrons. The van der Waals surface area contributed by atoms with Crippen molar-refractivity contribution in [2.75, 3.05) is 20.8 Å². The third-order valence-corrected chi connectivity index (χ3v) is 4.49. The SMILES string of the molecule is C.C.COC(CNC(=O)/C(=C\c1ccc(N=[N+]=[N-])cc1)NC(=O)c1ccc(CCl)cc1)OC. The zero-order chi connectivity index (χ0) is 22.6. The molecule has 10 heteroatoms. The standard InChI is InChI=1S/C21H22ClN5O4.2CH4/c1-30-19(31-2)13-24-21(29)18(11-14-5-9-17(10-6-14)26-27-23)25-20(28)16-7-3-15(12-22)4-8-16;;/h3-11,19H,12-13H2,1-2H3,(H,24,29)(H,25,28);2*1H4/b18-11+;;. The van der Waals surface area contributed by atoms with E-state index in [1.54, 1.807) is 48.5 Å². The van der Waals surface area contributed by atoms with Crippen LogP contribution in [0.5, 0.6) is 0 Å². The Morgan fingerprint density at radius 1 is 1.09 bits per heavy atom. The van der Waals surface area contributed by atoms with Gasteiger partial charge in [-0.05, 0) is 34.9 Å². The van der Waals surface area contributed by atoms with E-state index in [-0.39, 0.29) is 27.1 Å². The zero-order valence-corrected chi connectivity index (χ0v) is 17.8. The lowest BCUT2D eigenvalue weighted by Crippen LogP contribution is -2.39. The van der Waals surface area contributed by atoms with E-state index < -0.39 is 18.1 Å². The number of hydrogen-bond acceptors (Lipinski definition) is 5. The summed E-state index contributed by atoms with van der Waals surface area (Å²) in [5.74, 6) is -0.645. The minimum absolute atomic E-state index is 0. The van der Waals surface area contributed by atoms with Crippen molar-refractivity contribution in [3.05, 3.63) is 81.4 Å². The van der Waals surface area contributed by atoms with Crippen molar-refractivity contribution in [2.24, 2.45) is 5.11 Å². The molecular formula is C23H30ClN5O4. The number of amides is 2.